The maximum atomic E-state index is 13.5. The Morgan fingerprint density at radius 2 is 1.82 bits per heavy atom. The molecule has 0 aliphatic carbocycles. The number of hydrogen-bond donors (Lipinski definition) is 1. The molecule has 176 valence electrons. The Hall–Kier alpha value is -3.28. The number of thioether (sulfide) groups is 1. The summed E-state index contributed by atoms with van der Waals surface area (Å²) < 4.78 is 52.4. The summed E-state index contributed by atoms with van der Waals surface area (Å²) in [6, 6.07) is 5.52. The number of aromatic nitrogens is 4. The summed E-state index contributed by atoms with van der Waals surface area (Å²) in [4.78, 5) is 20.2. The summed E-state index contributed by atoms with van der Waals surface area (Å²) in [6.07, 6.45) is -4.68. The molecule has 12 heteroatoms. The van der Waals surface area contributed by atoms with E-state index in [1.54, 1.807) is 37.7 Å². The fourth-order valence-corrected chi connectivity index (χ4v) is 3.70. The number of benzene rings is 1. The second-order valence-electron chi connectivity index (χ2n) is 6.99. The number of anilines is 1. The first-order valence-electron chi connectivity index (χ1n) is 9.65. The molecule has 1 N–H and O–H groups in total. The normalized spacial score (nSPS) is 11.4. The van der Waals surface area contributed by atoms with Gasteiger partial charge in [-0.05, 0) is 38.1 Å². The molecule has 3 rings (SSSR count). The number of rotatable bonds is 7. The minimum absolute atomic E-state index is 0.0418. The van der Waals surface area contributed by atoms with Crippen LogP contribution in [-0.4, -0.2) is 45.6 Å². The Balaban J connectivity index is 1.87. The molecule has 0 aliphatic heterocycles. The van der Waals surface area contributed by atoms with Crippen LogP contribution in [0.4, 0.5) is 18.9 Å². The number of methoxy groups -OCH3 is 2. The van der Waals surface area contributed by atoms with Gasteiger partial charge in [0.25, 0.3) is 0 Å². The Bertz CT molecular complexity index is 1180. The van der Waals surface area contributed by atoms with E-state index in [-0.39, 0.29) is 16.6 Å². The van der Waals surface area contributed by atoms with E-state index in [1.807, 2.05) is 0 Å². The van der Waals surface area contributed by atoms with E-state index in [0.717, 1.165) is 23.5 Å². The standard InChI is InChI=1S/C21H22F3N5O3S/c1-11-19(12(2)29(3)28-11)27-18(30)10-33-20-25-14(9-17(26-20)21(22,23)24)13-6-7-15(31-4)16(8-13)32-5/h6-9H,10H2,1-5H3,(H,27,30). The lowest BCUT2D eigenvalue weighted by molar-refractivity contribution is -0.141. The zero-order chi connectivity index (χ0) is 24.3. The second kappa shape index (κ2) is 9.69. The van der Waals surface area contributed by atoms with Crippen molar-refractivity contribution in [2.75, 3.05) is 25.3 Å². The predicted octanol–water partition coefficient (Wildman–Crippen LogP) is 4.26. The first kappa shape index (κ1) is 24.4. The molecule has 0 saturated carbocycles. The van der Waals surface area contributed by atoms with Crippen LogP contribution < -0.4 is 14.8 Å². The van der Waals surface area contributed by atoms with Crippen molar-refractivity contribution in [2.45, 2.75) is 25.2 Å². The van der Waals surface area contributed by atoms with Crippen molar-refractivity contribution in [3.05, 3.63) is 41.3 Å². The summed E-state index contributed by atoms with van der Waals surface area (Å²) in [6.45, 7) is 3.55. The van der Waals surface area contributed by atoms with Gasteiger partial charge in [0.15, 0.2) is 16.7 Å². The molecule has 1 amide bonds. The highest BCUT2D eigenvalue weighted by atomic mass is 32.2. The van der Waals surface area contributed by atoms with Gasteiger partial charge < -0.3 is 14.8 Å². The number of hydrogen-bond acceptors (Lipinski definition) is 7. The average Bonchev–Trinajstić information content (AvgIpc) is 3.02. The van der Waals surface area contributed by atoms with E-state index in [4.69, 9.17) is 9.47 Å². The number of alkyl halides is 3. The number of aryl methyl sites for hydroxylation is 2. The molecular formula is C21H22F3N5O3S. The first-order valence-corrected chi connectivity index (χ1v) is 10.6. The van der Waals surface area contributed by atoms with Crippen LogP contribution in [-0.2, 0) is 18.0 Å². The van der Waals surface area contributed by atoms with Crippen LogP contribution in [0.15, 0.2) is 29.4 Å². The first-order chi connectivity index (χ1) is 15.5. The van der Waals surface area contributed by atoms with Crippen LogP contribution >= 0.6 is 11.8 Å². The molecule has 3 aromatic rings. The van der Waals surface area contributed by atoms with Crippen molar-refractivity contribution in [1.82, 2.24) is 19.7 Å². The molecule has 0 saturated heterocycles. The molecule has 0 atom stereocenters. The lowest BCUT2D eigenvalue weighted by Crippen LogP contribution is -2.16. The van der Waals surface area contributed by atoms with Gasteiger partial charge >= 0.3 is 6.18 Å². The van der Waals surface area contributed by atoms with Crippen LogP contribution in [0, 0.1) is 13.8 Å². The Morgan fingerprint density at radius 1 is 1.12 bits per heavy atom. The molecule has 33 heavy (non-hydrogen) atoms. The number of halogens is 3. The van der Waals surface area contributed by atoms with E-state index in [2.05, 4.69) is 20.4 Å². The molecular weight excluding hydrogens is 459 g/mol. The number of amides is 1. The fourth-order valence-electron chi connectivity index (χ4n) is 3.04. The van der Waals surface area contributed by atoms with Gasteiger partial charge in [0.1, 0.15) is 5.69 Å². The van der Waals surface area contributed by atoms with E-state index in [1.165, 1.54) is 20.3 Å². The summed E-state index contributed by atoms with van der Waals surface area (Å²) in [5.41, 5.74) is 1.29. The van der Waals surface area contributed by atoms with Crippen LogP contribution in [0.25, 0.3) is 11.3 Å². The van der Waals surface area contributed by atoms with Crippen molar-refractivity contribution in [1.29, 1.82) is 0 Å². The van der Waals surface area contributed by atoms with Crippen molar-refractivity contribution in [3.63, 3.8) is 0 Å². The Labute approximate surface area is 192 Å². The molecule has 0 bridgehead atoms. The molecule has 0 radical (unpaired) electrons. The molecule has 0 unspecified atom stereocenters. The second-order valence-corrected chi connectivity index (χ2v) is 7.94. The SMILES string of the molecule is COc1ccc(-c2cc(C(F)(F)F)nc(SCC(=O)Nc3c(C)nn(C)c3C)n2)cc1OC. The predicted molar refractivity (Wildman–Crippen MR) is 118 cm³/mol. The number of carbonyl (C=O) groups excluding carboxylic acids is 1. The minimum Gasteiger partial charge on any atom is -0.493 e. The number of nitrogens with one attached hydrogen (secondary N) is 1. The third-order valence-electron chi connectivity index (χ3n) is 4.78. The fraction of sp³-hybridized carbons (Fsp3) is 0.333. The largest absolute Gasteiger partial charge is 0.493 e. The molecule has 1 aromatic carbocycles. The maximum Gasteiger partial charge on any atom is 0.433 e. The van der Waals surface area contributed by atoms with Crippen LogP contribution in [0.5, 0.6) is 11.5 Å². The van der Waals surface area contributed by atoms with Gasteiger partial charge in [-0.25, -0.2) is 9.97 Å². The summed E-state index contributed by atoms with van der Waals surface area (Å²) in [5.74, 6) is 0.185. The van der Waals surface area contributed by atoms with E-state index < -0.39 is 17.8 Å². The topological polar surface area (TPSA) is 91.2 Å². The average molecular weight is 482 g/mol. The summed E-state index contributed by atoms with van der Waals surface area (Å²) >= 11 is 0.806. The van der Waals surface area contributed by atoms with Gasteiger partial charge in [-0.1, -0.05) is 11.8 Å². The number of nitrogens with zero attached hydrogens (tertiary/aromatic N) is 4. The lowest BCUT2D eigenvalue weighted by Gasteiger charge is -2.12. The summed E-state index contributed by atoms with van der Waals surface area (Å²) in [5, 5.41) is 6.78. The maximum absolute atomic E-state index is 13.5. The van der Waals surface area contributed by atoms with E-state index >= 15 is 0 Å². The quantitative estimate of drug-likeness (QED) is 0.398. The molecule has 0 fully saturated rings. The molecule has 2 aromatic heterocycles. The van der Waals surface area contributed by atoms with Crippen LogP contribution in [0.1, 0.15) is 17.1 Å². The van der Waals surface area contributed by atoms with Crippen molar-refractivity contribution in [2.24, 2.45) is 7.05 Å². The van der Waals surface area contributed by atoms with Crippen LogP contribution in [0.2, 0.25) is 0 Å². The highest BCUT2D eigenvalue weighted by Gasteiger charge is 2.34. The van der Waals surface area contributed by atoms with E-state index in [9.17, 15) is 18.0 Å². The zero-order valence-corrected chi connectivity index (χ0v) is 19.4. The van der Waals surface area contributed by atoms with Gasteiger partial charge in [0.2, 0.25) is 5.91 Å². The van der Waals surface area contributed by atoms with Crippen LogP contribution in [0.3, 0.4) is 0 Å². The monoisotopic (exact) mass is 481 g/mol. The third-order valence-corrected chi connectivity index (χ3v) is 5.63. The number of ether oxygens (including phenoxy) is 2. The molecule has 0 aliphatic rings. The Kier molecular flexibility index (Phi) is 7.15. The van der Waals surface area contributed by atoms with Gasteiger partial charge in [0.05, 0.1) is 42.7 Å². The van der Waals surface area contributed by atoms with Crippen molar-refractivity contribution in [3.8, 4) is 22.8 Å². The minimum atomic E-state index is -4.68. The van der Waals surface area contributed by atoms with Gasteiger partial charge in [-0.3, -0.25) is 9.48 Å². The van der Waals surface area contributed by atoms with Crippen molar-refractivity contribution >= 4 is 23.4 Å². The third kappa shape index (κ3) is 5.56. The zero-order valence-electron chi connectivity index (χ0n) is 18.6. The van der Waals surface area contributed by atoms with Crippen molar-refractivity contribution < 1.29 is 27.4 Å². The van der Waals surface area contributed by atoms with Gasteiger partial charge in [-0.15, -0.1) is 0 Å². The molecule has 2 heterocycles. The van der Waals surface area contributed by atoms with Gasteiger partial charge in [0, 0.05) is 12.6 Å². The van der Waals surface area contributed by atoms with Gasteiger partial charge in [-0.2, -0.15) is 18.3 Å². The summed E-state index contributed by atoms with van der Waals surface area (Å²) in [7, 11) is 4.63. The Morgan fingerprint density at radius 3 is 2.39 bits per heavy atom. The molecule has 8 nitrogen and oxygen atoms in total. The highest BCUT2D eigenvalue weighted by Crippen LogP contribution is 2.35. The smallest absolute Gasteiger partial charge is 0.433 e. The lowest BCUT2D eigenvalue weighted by atomic mass is 10.1. The molecule has 0 spiro atoms. The van der Waals surface area contributed by atoms with E-state index in [0.29, 0.717) is 28.4 Å². The number of carbonyl (C=O) groups is 1. The highest BCUT2D eigenvalue weighted by molar-refractivity contribution is 7.99.